The monoisotopic (exact) mass is 300 g/mol. The maximum atomic E-state index is 12.5. The second-order valence-electron chi connectivity index (χ2n) is 5.34. The van der Waals surface area contributed by atoms with E-state index in [2.05, 4.69) is 4.98 Å². The molecule has 1 aromatic carbocycles. The summed E-state index contributed by atoms with van der Waals surface area (Å²) in [6.45, 7) is 0.816. The van der Waals surface area contributed by atoms with Gasteiger partial charge >= 0.3 is 0 Å². The Bertz CT molecular complexity index is 630. The minimum Gasteiger partial charge on any atom is -0.335 e. The Kier molecular flexibility index (Phi) is 4.20. The van der Waals surface area contributed by atoms with Gasteiger partial charge in [-0.2, -0.15) is 0 Å². The van der Waals surface area contributed by atoms with E-state index < -0.39 is 0 Å². The van der Waals surface area contributed by atoms with Crippen molar-refractivity contribution >= 4 is 17.5 Å². The molecule has 108 valence electrons. The van der Waals surface area contributed by atoms with Crippen molar-refractivity contribution < 1.29 is 4.79 Å². The number of aromatic nitrogens is 1. The molecule has 1 aliphatic rings. The van der Waals surface area contributed by atoms with Crippen molar-refractivity contribution in [2.45, 2.75) is 25.3 Å². The van der Waals surface area contributed by atoms with Gasteiger partial charge in [0.2, 0.25) is 5.91 Å². The molecule has 1 atom stereocenters. The largest absolute Gasteiger partial charge is 0.335 e. The van der Waals surface area contributed by atoms with Crippen LogP contribution in [0.5, 0.6) is 0 Å². The van der Waals surface area contributed by atoms with Crippen LogP contribution in [0.15, 0.2) is 48.8 Å². The topological polar surface area (TPSA) is 33.2 Å². The number of carbonyl (C=O) groups excluding carboxylic acids is 1. The second-order valence-corrected chi connectivity index (χ2v) is 5.77. The molecule has 1 fully saturated rings. The molecule has 1 aromatic heterocycles. The number of halogens is 1. The maximum Gasteiger partial charge on any atom is 0.227 e. The zero-order valence-electron chi connectivity index (χ0n) is 11.7. The fourth-order valence-corrected chi connectivity index (χ4v) is 3.10. The molecule has 3 nitrogen and oxygen atoms in total. The minimum absolute atomic E-state index is 0.146. The van der Waals surface area contributed by atoms with Gasteiger partial charge < -0.3 is 4.90 Å². The van der Waals surface area contributed by atoms with Gasteiger partial charge in [-0.25, -0.2) is 0 Å². The molecule has 1 amide bonds. The molecule has 3 rings (SSSR count). The molecular formula is C17H17ClN2O. The molecule has 0 spiro atoms. The molecule has 0 unspecified atom stereocenters. The number of hydrogen-bond donors (Lipinski definition) is 0. The quantitative estimate of drug-likeness (QED) is 0.867. The van der Waals surface area contributed by atoms with Crippen molar-refractivity contribution in [2.24, 2.45) is 0 Å². The Morgan fingerprint density at radius 1 is 1.33 bits per heavy atom. The summed E-state index contributed by atoms with van der Waals surface area (Å²) in [5, 5.41) is 0.721. The van der Waals surface area contributed by atoms with E-state index >= 15 is 0 Å². The summed E-state index contributed by atoms with van der Waals surface area (Å²) in [7, 11) is 0. The number of carbonyl (C=O) groups is 1. The third-order valence-electron chi connectivity index (χ3n) is 3.88. The average molecular weight is 301 g/mol. The van der Waals surface area contributed by atoms with Crippen LogP contribution in [0.4, 0.5) is 0 Å². The van der Waals surface area contributed by atoms with Crippen molar-refractivity contribution in [2.75, 3.05) is 6.54 Å². The van der Waals surface area contributed by atoms with E-state index in [0.717, 1.165) is 35.5 Å². The Labute approximate surface area is 129 Å². The number of rotatable bonds is 3. The predicted molar refractivity (Wildman–Crippen MR) is 83.1 cm³/mol. The Morgan fingerprint density at radius 3 is 3.00 bits per heavy atom. The van der Waals surface area contributed by atoms with Crippen molar-refractivity contribution in [1.82, 2.24) is 9.88 Å². The van der Waals surface area contributed by atoms with E-state index in [-0.39, 0.29) is 11.9 Å². The van der Waals surface area contributed by atoms with Gasteiger partial charge in [-0.15, -0.1) is 0 Å². The highest BCUT2D eigenvalue weighted by Crippen LogP contribution is 2.33. The molecule has 1 aliphatic heterocycles. The number of hydrogen-bond acceptors (Lipinski definition) is 2. The zero-order valence-corrected chi connectivity index (χ0v) is 12.5. The number of pyridine rings is 1. The highest BCUT2D eigenvalue weighted by atomic mass is 35.5. The molecular weight excluding hydrogens is 284 g/mol. The summed E-state index contributed by atoms with van der Waals surface area (Å²) in [6.07, 6.45) is 5.92. The van der Waals surface area contributed by atoms with Gasteiger partial charge in [-0.3, -0.25) is 9.78 Å². The Balaban J connectivity index is 1.76. The first-order chi connectivity index (χ1) is 10.2. The smallest absolute Gasteiger partial charge is 0.227 e. The van der Waals surface area contributed by atoms with E-state index in [4.69, 9.17) is 11.6 Å². The van der Waals surface area contributed by atoms with Crippen LogP contribution in [0.25, 0.3) is 0 Å². The van der Waals surface area contributed by atoms with Crippen LogP contribution in [0.3, 0.4) is 0 Å². The average Bonchev–Trinajstić information content (AvgIpc) is 2.98. The fourth-order valence-electron chi connectivity index (χ4n) is 2.90. The lowest BCUT2D eigenvalue weighted by molar-refractivity contribution is -0.131. The lowest BCUT2D eigenvalue weighted by atomic mass is 10.0. The number of likely N-dealkylation sites (tertiary alicyclic amines) is 1. The maximum absolute atomic E-state index is 12.5. The van der Waals surface area contributed by atoms with Gasteiger partial charge in [0.25, 0.3) is 0 Å². The highest BCUT2D eigenvalue weighted by Gasteiger charge is 2.29. The first-order valence-corrected chi connectivity index (χ1v) is 7.55. The lowest BCUT2D eigenvalue weighted by Gasteiger charge is -2.25. The molecule has 0 radical (unpaired) electrons. The van der Waals surface area contributed by atoms with Gasteiger partial charge in [0, 0.05) is 24.0 Å². The lowest BCUT2D eigenvalue weighted by Crippen LogP contribution is -2.31. The van der Waals surface area contributed by atoms with Gasteiger partial charge in [0.15, 0.2) is 0 Å². The Hall–Kier alpha value is -1.87. The van der Waals surface area contributed by atoms with Crippen LogP contribution in [0, 0.1) is 0 Å². The summed E-state index contributed by atoms with van der Waals surface area (Å²) >= 11 is 6.07. The molecule has 0 bridgehead atoms. The summed E-state index contributed by atoms with van der Waals surface area (Å²) in [5.41, 5.74) is 2.08. The molecule has 1 saturated heterocycles. The van der Waals surface area contributed by atoms with Gasteiger partial charge in [-0.05, 0) is 42.2 Å². The van der Waals surface area contributed by atoms with Crippen LogP contribution >= 0.6 is 11.6 Å². The SMILES string of the molecule is O=C(Cc1cccnc1)N1CCC[C@@H]1c1cccc(Cl)c1. The van der Waals surface area contributed by atoms with Gasteiger partial charge in [-0.1, -0.05) is 29.8 Å². The normalized spacial score (nSPS) is 18.0. The zero-order chi connectivity index (χ0) is 14.7. The highest BCUT2D eigenvalue weighted by molar-refractivity contribution is 6.30. The van der Waals surface area contributed by atoms with E-state index in [9.17, 15) is 4.79 Å². The summed E-state index contributed by atoms with van der Waals surface area (Å²) in [4.78, 5) is 18.6. The number of benzene rings is 1. The van der Waals surface area contributed by atoms with Crippen LogP contribution in [0.1, 0.15) is 30.0 Å². The number of nitrogens with zero attached hydrogens (tertiary/aromatic N) is 2. The fraction of sp³-hybridized carbons (Fsp3) is 0.294. The first-order valence-electron chi connectivity index (χ1n) is 7.18. The van der Waals surface area contributed by atoms with E-state index in [1.165, 1.54) is 0 Å². The molecule has 2 heterocycles. The standard InChI is InChI=1S/C17H17ClN2O/c18-15-6-1-5-14(11-15)16-7-3-9-20(16)17(21)10-13-4-2-8-19-12-13/h1-2,4-6,8,11-12,16H,3,7,9-10H2/t16-/m1/s1. The van der Waals surface area contributed by atoms with Crippen LogP contribution in [-0.4, -0.2) is 22.3 Å². The predicted octanol–water partition coefficient (Wildman–Crippen LogP) is 3.64. The first kappa shape index (κ1) is 14.1. The molecule has 0 N–H and O–H groups in total. The summed E-state index contributed by atoms with van der Waals surface area (Å²) in [6, 6.07) is 11.8. The van der Waals surface area contributed by atoms with Gasteiger partial charge in [0.1, 0.15) is 0 Å². The molecule has 4 heteroatoms. The van der Waals surface area contributed by atoms with E-state index in [0.29, 0.717) is 6.42 Å². The Morgan fingerprint density at radius 2 is 2.24 bits per heavy atom. The second kappa shape index (κ2) is 6.27. The van der Waals surface area contributed by atoms with Gasteiger partial charge in [0.05, 0.1) is 12.5 Å². The summed E-state index contributed by atoms with van der Waals surface area (Å²) in [5.74, 6) is 0.158. The van der Waals surface area contributed by atoms with Crippen LogP contribution in [-0.2, 0) is 11.2 Å². The minimum atomic E-state index is 0.146. The molecule has 2 aromatic rings. The van der Waals surface area contributed by atoms with Crippen LogP contribution < -0.4 is 0 Å². The third-order valence-corrected chi connectivity index (χ3v) is 4.12. The molecule has 0 aliphatic carbocycles. The van der Waals surface area contributed by atoms with Crippen molar-refractivity contribution in [3.63, 3.8) is 0 Å². The van der Waals surface area contributed by atoms with Crippen molar-refractivity contribution in [3.8, 4) is 0 Å². The molecule has 0 saturated carbocycles. The number of amides is 1. The van der Waals surface area contributed by atoms with Crippen molar-refractivity contribution in [1.29, 1.82) is 0 Å². The summed E-state index contributed by atoms with van der Waals surface area (Å²) < 4.78 is 0. The van der Waals surface area contributed by atoms with E-state index in [1.54, 1.807) is 12.4 Å². The molecule has 21 heavy (non-hydrogen) atoms. The van der Waals surface area contributed by atoms with E-state index in [1.807, 2.05) is 41.3 Å². The third kappa shape index (κ3) is 3.24. The van der Waals surface area contributed by atoms with Crippen LogP contribution in [0.2, 0.25) is 5.02 Å². The van der Waals surface area contributed by atoms with Crippen molar-refractivity contribution in [3.05, 3.63) is 64.9 Å².